The molecule has 1 N–H and O–H groups in total. The molecule has 4 aromatic rings. The molecule has 34 heavy (non-hydrogen) atoms. The normalized spacial score (nSPS) is 13.9. The van der Waals surface area contributed by atoms with E-state index in [4.69, 9.17) is 9.97 Å². The summed E-state index contributed by atoms with van der Waals surface area (Å²) in [5.74, 6) is 1.06. The van der Waals surface area contributed by atoms with Crippen molar-refractivity contribution in [1.29, 1.82) is 0 Å². The van der Waals surface area contributed by atoms with E-state index in [1.807, 2.05) is 24.3 Å². The maximum atomic E-state index is 13.2. The van der Waals surface area contributed by atoms with Crippen molar-refractivity contribution < 1.29 is 0 Å². The van der Waals surface area contributed by atoms with Gasteiger partial charge in [-0.2, -0.15) is 4.98 Å². The highest BCUT2D eigenvalue weighted by Crippen LogP contribution is 2.26. The Labute approximate surface area is 198 Å². The highest BCUT2D eigenvalue weighted by molar-refractivity contribution is 5.77. The summed E-state index contributed by atoms with van der Waals surface area (Å²) >= 11 is 0. The molecule has 0 fully saturated rings. The summed E-state index contributed by atoms with van der Waals surface area (Å²) in [4.78, 5) is 29.5. The molecule has 174 valence electrons. The predicted octanol–water partition coefficient (Wildman–Crippen LogP) is 4.15. The number of anilines is 2. The van der Waals surface area contributed by atoms with Crippen LogP contribution in [0.1, 0.15) is 37.6 Å². The maximum absolute atomic E-state index is 13.2. The molecule has 1 aliphatic heterocycles. The second kappa shape index (κ2) is 8.22. The molecule has 0 spiro atoms. The van der Waals surface area contributed by atoms with Crippen molar-refractivity contribution in [3.63, 3.8) is 0 Å². The number of benzene rings is 1. The Balaban J connectivity index is 1.62. The molecule has 0 saturated heterocycles. The number of nitrogens with zero attached hydrogens (tertiary/aromatic N) is 6. The Morgan fingerprint density at radius 1 is 1.12 bits per heavy atom. The molecule has 0 atom stereocenters. The topological polar surface area (TPSA) is 80.9 Å². The van der Waals surface area contributed by atoms with Crippen molar-refractivity contribution in [3.8, 4) is 5.82 Å². The first-order chi connectivity index (χ1) is 16.2. The third-order valence-corrected chi connectivity index (χ3v) is 6.04. The quantitative estimate of drug-likeness (QED) is 0.456. The second-order valence-electron chi connectivity index (χ2n) is 9.83. The molecule has 0 unspecified atom stereocenters. The SMILES string of the molecule is C=CCn1c(=O)c2cnc(Nc3ccc4c(c3)CN(C)C4)nc2n1-c1cccc(C(C)(C)C)n1. The fourth-order valence-electron chi connectivity index (χ4n) is 4.34. The van der Waals surface area contributed by atoms with Crippen LogP contribution in [0, 0.1) is 0 Å². The molecular weight excluding hydrogens is 426 g/mol. The molecule has 4 heterocycles. The third-order valence-electron chi connectivity index (χ3n) is 6.04. The van der Waals surface area contributed by atoms with Crippen molar-refractivity contribution >= 4 is 22.7 Å². The van der Waals surface area contributed by atoms with E-state index in [9.17, 15) is 4.79 Å². The van der Waals surface area contributed by atoms with E-state index in [1.165, 1.54) is 11.1 Å². The predicted molar refractivity (Wildman–Crippen MR) is 135 cm³/mol. The zero-order chi connectivity index (χ0) is 24.0. The summed E-state index contributed by atoms with van der Waals surface area (Å²) < 4.78 is 3.36. The molecular formula is C26H29N7O. The number of hydrogen-bond donors (Lipinski definition) is 1. The molecule has 0 amide bonds. The van der Waals surface area contributed by atoms with Gasteiger partial charge >= 0.3 is 0 Å². The van der Waals surface area contributed by atoms with Gasteiger partial charge in [0.2, 0.25) is 5.95 Å². The van der Waals surface area contributed by atoms with E-state index < -0.39 is 0 Å². The van der Waals surface area contributed by atoms with Crippen LogP contribution < -0.4 is 10.9 Å². The Kier molecular flexibility index (Phi) is 5.32. The number of aromatic nitrogens is 5. The van der Waals surface area contributed by atoms with Crippen LogP contribution in [-0.2, 0) is 25.0 Å². The summed E-state index contributed by atoms with van der Waals surface area (Å²) in [7, 11) is 2.11. The van der Waals surface area contributed by atoms with E-state index in [0.717, 1.165) is 24.5 Å². The number of hydrogen-bond acceptors (Lipinski definition) is 6. The van der Waals surface area contributed by atoms with Gasteiger partial charge in [0, 0.05) is 36.1 Å². The Bertz CT molecular complexity index is 1460. The Morgan fingerprint density at radius 2 is 1.91 bits per heavy atom. The Hall–Kier alpha value is -3.78. The maximum Gasteiger partial charge on any atom is 0.278 e. The van der Waals surface area contributed by atoms with E-state index in [2.05, 4.69) is 61.7 Å². The zero-order valence-corrected chi connectivity index (χ0v) is 20.0. The first-order valence-corrected chi connectivity index (χ1v) is 11.4. The van der Waals surface area contributed by atoms with Crippen molar-refractivity contribution in [3.05, 3.63) is 82.4 Å². The zero-order valence-electron chi connectivity index (χ0n) is 20.0. The molecule has 0 aliphatic carbocycles. The van der Waals surface area contributed by atoms with Gasteiger partial charge in [0.1, 0.15) is 5.39 Å². The average molecular weight is 456 g/mol. The van der Waals surface area contributed by atoms with Crippen molar-refractivity contribution in [2.45, 2.75) is 45.8 Å². The van der Waals surface area contributed by atoms with Gasteiger partial charge < -0.3 is 5.32 Å². The van der Waals surface area contributed by atoms with Crippen LogP contribution >= 0.6 is 0 Å². The van der Waals surface area contributed by atoms with E-state index in [1.54, 1.807) is 21.6 Å². The van der Waals surface area contributed by atoms with Gasteiger partial charge in [-0.05, 0) is 42.4 Å². The minimum Gasteiger partial charge on any atom is -0.324 e. The molecule has 1 aromatic carbocycles. The smallest absolute Gasteiger partial charge is 0.278 e. The first-order valence-electron chi connectivity index (χ1n) is 11.4. The lowest BCUT2D eigenvalue weighted by atomic mass is 9.92. The molecule has 3 aromatic heterocycles. The molecule has 0 saturated carbocycles. The number of pyridine rings is 1. The fraction of sp³-hybridized carbons (Fsp3) is 0.308. The average Bonchev–Trinajstić information content (AvgIpc) is 3.29. The van der Waals surface area contributed by atoms with Crippen LogP contribution in [0.25, 0.3) is 16.9 Å². The van der Waals surface area contributed by atoms with Crippen LogP contribution in [0.3, 0.4) is 0 Å². The number of nitrogens with one attached hydrogen (secondary N) is 1. The lowest BCUT2D eigenvalue weighted by Gasteiger charge is -2.19. The van der Waals surface area contributed by atoms with Gasteiger partial charge in [0.05, 0.1) is 6.54 Å². The molecule has 0 radical (unpaired) electrons. The highest BCUT2D eigenvalue weighted by atomic mass is 16.1. The first kappa shape index (κ1) is 22.0. The summed E-state index contributed by atoms with van der Waals surface area (Å²) in [6, 6.07) is 12.2. The van der Waals surface area contributed by atoms with Crippen LogP contribution in [0.2, 0.25) is 0 Å². The highest BCUT2D eigenvalue weighted by Gasteiger charge is 2.21. The lowest BCUT2D eigenvalue weighted by molar-refractivity contribution is 0.353. The van der Waals surface area contributed by atoms with Crippen molar-refractivity contribution in [2.75, 3.05) is 12.4 Å². The molecule has 0 bridgehead atoms. The van der Waals surface area contributed by atoms with Gasteiger partial charge in [-0.1, -0.05) is 39.0 Å². The van der Waals surface area contributed by atoms with E-state index >= 15 is 0 Å². The molecule has 1 aliphatic rings. The van der Waals surface area contributed by atoms with Crippen LogP contribution in [-0.4, -0.2) is 36.3 Å². The molecule has 5 rings (SSSR count). The van der Waals surface area contributed by atoms with E-state index in [-0.39, 0.29) is 11.0 Å². The van der Waals surface area contributed by atoms with Gasteiger partial charge in [0.25, 0.3) is 5.56 Å². The standard InChI is InChI=1S/C26H29N7O/c1-6-12-32-24(34)20-14-27-25(28-19-11-10-17-15-31(5)16-18(17)13-19)30-23(20)33(32)22-9-7-8-21(29-22)26(2,3)4/h6-11,13-14H,1,12,15-16H2,2-5H3,(H,27,28,30). The summed E-state index contributed by atoms with van der Waals surface area (Å²) in [6.45, 7) is 12.4. The number of allylic oxidation sites excluding steroid dienone is 1. The summed E-state index contributed by atoms with van der Waals surface area (Å²) in [6.07, 6.45) is 3.27. The Morgan fingerprint density at radius 3 is 2.68 bits per heavy atom. The second-order valence-corrected chi connectivity index (χ2v) is 9.83. The van der Waals surface area contributed by atoms with Crippen LogP contribution in [0.5, 0.6) is 0 Å². The minimum atomic E-state index is -0.176. The van der Waals surface area contributed by atoms with Gasteiger partial charge in [0.15, 0.2) is 11.5 Å². The number of fused-ring (bicyclic) bond motifs is 2. The van der Waals surface area contributed by atoms with Crippen LogP contribution in [0.4, 0.5) is 11.6 Å². The molecule has 8 heteroatoms. The lowest BCUT2D eigenvalue weighted by Crippen LogP contribution is -2.23. The van der Waals surface area contributed by atoms with Crippen LogP contribution in [0.15, 0.2) is 60.0 Å². The minimum absolute atomic E-state index is 0.133. The van der Waals surface area contributed by atoms with Gasteiger partial charge in [-0.15, -0.1) is 6.58 Å². The van der Waals surface area contributed by atoms with E-state index in [0.29, 0.717) is 29.3 Å². The largest absolute Gasteiger partial charge is 0.324 e. The van der Waals surface area contributed by atoms with Gasteiger partial charge in [-0.25, -0.2) is 19.3 Å². The van der Waals surface area contributed by atoms with Crippen molar-refractivity contribution in [2.24, 2.45) is 0 Å². The molecule has 8 nitrogen and oxygen atoms in total. The monoisotopic (exact) mass is 455 g/mol. The van der Waals surface area contributed by atoms with Gasteiger partial charge in [-0.3, -0.25) is 9.69 Å². The number of rotatable bonds is 5. The summed E-state index contributed by atoms with van der Waals surface area (Å²) in [5, 5.41) is 3.75. The van der Waals surface area contributed by atoms with Crippen molar-refractivity contribution in [1.82, 2.24) is 29.2 Å². The third kappa shape index (κ3) is 3.90. The fourth-order valence-corrected chi connectivity index (χ4v) is 4.34. The summed E-state index contributed by atoms with van der Waals surface area (Å²) in [5.41, 5.74) is 4.68.